The van der Waals surface area contributed by atoms with E-state index in [1.54, 1.807) is 6.08 Å². The van der Waals surface area contributed by atoms with E-state index in [9.17, 15) is 10.1 Å². The highest BCUT2D eigenvalue weighted by atomic mass is 16.5. The number of hydrogen-bond acceptors (Lipinski definition) is 3. The molecule has 0 saturated heterocycles. The summed E-state index contributed by atoms with van der Waals surface area (Å²) in [7, 11) is 1.41. The molecule has 3 nitrogen and oxygen atoms in total. The molecule has 0 N–H and O–H groups in total. The maximum absolute atomic E-state index is 12.5. The maximum Gasteiger partial charge on any atom is 0.317 e. The molecule has 20 heavy (non-hydrogen) atoms. The first-order valence-electron chi connectivity index (χ1n) is 6.60. The van der Waals surface area contributed by atoms with Gasteiger partial charge in [-0.1, -0.05) is 36.0 Å². The summed E-state index contributed by atoms with van der Waals surface area (Å²) in [4.78, 5) is 12.5. The molecule has 1 fully saturated rings. The predicted molar refractivity (Wildman–Crippen MR) is 75.2 cm³/mol. The number of carbonyl (C=O) groups is 1. The molecular weight excluding hydrogens is 250 g/mol. The Bertz CT molecular complexity index is 657. The number of nitriles is 1. The Labute approximate surface area is 118 Å². The van der Waals surface area contributed by atoms with Gasteiger partial charge in [-0.05, 0) is 18.1 Å². The summed E-state index contributed by atoms with van der Waals surface area (Å²) in [5, 5.41) is 9.28. The van der Waals surface area contributed by atoms with Crippen molar-refractivity contribution in [2.75, 3.05) is 7.11 Å². The van der Waals surface area contributed by atoms with Crippen LogP contribution in [0.4, 0.5) is 0 Å². The summed E-state index contributed by atoms with van der Waals surface area (Å²) >= 11 is 0. The van der Waals surface area contributed by atoms with E-state index in [0.29, 0.717) is 5.57 Å². The number of methoxy groups -OCH3 is 1. The summed E-state index contributed by atoms with van der Waals surface area (Å²) in [5.74, 6) is -0.350. The van der Waals surface area contributed by atoms with Crippen LogP contribution in [0.3, 0.4) is 0 Å². The van der Waals surface area contributed by atoms with Crippen LogP contribution in [0.2, 0.25) is 0 Å². The van der Waals surface area contributed by atoms with E-state index in [1.807, 2.05) is 30.4 Å². The summed E-state index contributed by atoms with van der Waals surface area (Å²) in [6.07, 6.45) is 12.1. The van der Waals surface area contributed by atoms with Gasteiger partial charge in [-0.25, -0.2) is 0 Å². The zero-order chi connectivity index (χ0) is 14.3. The number of nitrogens with zero attached hydrogens (tertiary/aromatic N) is 1. The Kier molecular flexibility index (Phi) is 2.76. The normalized spacial score (nSPS) is 33.3. The van der Waals surface area contributed by atoms with E-state index in [0.717, 1.165) is 12.0 Å². The first-order valence-corrected chi connectivity index (χ1v) is 6.60. The number of rotatable bonds is 2. The van der Waals surface area contributed by atoms with E-state index >= 15 is 0 Å². The van der Waals surface area contributed by atoms with E-state index in [4.69, 9.17) is 4.74 Å². The molecule has 3 atom stereocenters. The highest BCUT2D eigenvalue weighted by Crippen LogP contribution is 2.59. The van der Waals surface area contributed by atoms with Crippen LogP contribution >= 0.6 is 0 Å². The molecule has 3 aliphatic rings. The molecule has 3 heteroatoms. The van der Waals surface area contributed by atoms with Crippen molar-refractivity contribution in [2.24, 2.45) is 17.3 Å². The molecule has 0 amide bonds. The topological polar surface area (TPSA) is 50.1 Å². The van der Waals surface area contributed by atoms with Crippen molar-refractivity contribution in [2.45, 2.75) is 6.42 Å². The van der Waals surface area contributed by atoms with Gasteiger partial charge < -0.3 is 4.74 Å². The third-order valence-electron chi connectivity index (χ3n) is 4.60. The second kappa shape index (κ2) is 4.35. The molecular formula is C17H15NO2. The van der Waals surface area contributed by atoms with Crippen molar-refractivity contribution in [3.8, 4) is 6.07 Å². The molecule has 0 unspecified atom stereocenters. The zero-order valence-electron chi connectivity index (χ0n) is 11.3. The van der Waals surface area contributed by atoms with Crippen molar-refractivity contribution in [3.63, 3.8) is 0 Å². The Morgan fingerprint density at radius 1 is 1.60 bits per heavy atom. The summed E-state index contributed by atoms with van der Waals surface area (Å²) < 4.78 is 5.07. The van der Waals surface area contributed by atoms with Crippen molar-refractivity contribution in [1.29, 1.82) is 5.26 Å². The Balaban J connectivity index is 2.26. The van der Waals surface area contributed by atoms with Crippen molar-refractivity contribution < 1.29 is 9.53 Å². The van der Waals surface area contributed by atoms with Crippen LogP contribution in [0.15, 0.2) is 59.8 Å². The third-order valence-corrected chi connectivity index (χ3v) is 4.60. The molecule has 0 aromatic carbocycles. The van der Waals surface area contributed by atoms with Crippen LogP contribution < -0.4 is 0 Å². The van der Waals surface area contributed by atoms with Crippen LogP contribution in [-0.4, -0.2) is 13.1 Å². The summed E-state index contributed by atoms with van der Waals surface area (Å²) in [6, 6.07) is 2.22. The molecule has 0 aromatic heterocycles. The van der Waals surface area contributed by atoms with E-state index in [1.165, 1.54) is 12.7 Å². The summed E-state index contributed by atoms with van der Waals surface area (Å²) in [5.41, 5.74) is 1.97. The predicted octanol–water partition coefficient (Wildman–Crippen LogP) is 2.85. The first-order chi connectivity index (χ1) is 9.68. The van der Waals surface area contributed by atoms with Crippen LogP contribution in [0.5, 0.6) is 0 Å². The standard InChI is InChI=1S/C17H15NO2/c1-3-13-9-11-5-4-6-14-12(10-18)7-8-17(13,15(11)14)16(19)20-2/h3-8,13,15H,1,9H2,2H3/t13-,15+,17+/m1/s1. The lowest BCUT2D eigenvalue weighted by Crippen LogP contribution is -2.41. The number of allylic oxidation sites excluding steroid dienone is 8. The molecule has 1 saturated carbocycles. The van der Waals surface area contributed by atoms with Gasteiger partial charge in [0.25, 0.3) is 0 Å². The molecule has 0 aliphatic heterocycles. The smallest absolute Gasteiger partial charge is 0.317 e. The number of esters is 1. The maximum atomic E-state index is 12.5. The summed E-state index contributed by atoms with van der Waals surface area (Å²) in [6.45, 7) is 3.88. The number of ether oxygens (including phenoxy) is 1. The Hall–Kier alpha value is -2.34. The molecule has 0 aromatic rings. The van der Waals surface area contributed by atoms with E-state index in [2.05, 4.69) is 12.6 Å². The second-order valence-electron chi connectivity index (χ2n) is 5.32. The van der Waals surface area contributed by atoms with Gasteiger partial charge in [0.1, 0.15) is 5.41 Å². The molecule has 3 aliphatic carbocycles. The van der Waals surface area contributed by atoms with Gasteiger partial charge in [-0.3, -0.25) is 4.79 Å². The van der Waals surface area contributed by atoms with Gasteiger partial charge in [0.2, 0.25) is 0 Å². The number of hydrogen-bond donors (Lipinski definition) is 0. The van der Waals surface area contributed by atoms with Crippen LogP contribution in [0.25, 0.3) is 0 Å². The molecule has 0 heterocycles. The SMILES string of the molecule is C=C[C@@H]1CC2=CC=CC3=C(C#N)C=C[C@@]1(C(=O)OC)[C@@H]23. The minimum absolute atomic E-state index is 0.00223. The fourth-order valence-electron chi connectivity index (χ4n) is 3.73. The monoisotopic (exact) mass is 265 g/mol. The van der Waals surface area contributed by atoms with E-state index in [-0.39, 0.29) is 17.8 Å². The Morgan fingerprint density at radius 3 is 3.05 bits per heavy atom. The molecule has 0 radical (unpaired) electrons. The van der Waals surface area contributed by atoms with Crippen molar-refractivity contribution in [3.05, 3.63) is 59.8 Å². The van der Waals surface area contributed by atoms with Gasteiger partial charge >= 0.3 is 5.97 Å². The highest BCUT2D eigenvalue weighted by molar-refractivity contribution is 5.85. The largest absolute Gasteiger partial charge is 0.468 e. The van der Waals surface area contributed by atoms with Crippen LogP contribution in [0.1, 0.15) is 6.42 Å². The van der Waals surface area contributed by atoms with Crippen LogP contribution in [0, 0.1) is 28.6 Å². The minimum atomic E-state index is -0.747. The Morgan fingerprint density at radius 2 is 2.40 bits per heavy atom. The first kappa shape index (κ1) is 12.7. The molecule has 100 valence electrons. The quantitative estimate of drug-likeness (QED) is 0.570. The highest BCUT2D eigenvalue weighted by Gasteiger charge is 2.58. The lowest BCUT2D eigenvalue weighted by molar-refractivity contribution is -0.152. The fraction of sp³-hybridized carbons (Fsp3) is 0.294. The third kappa shape index (κ3) is 1.36. The lowest BCUT2D eigenvalue weighted by atomic mass is 9.64. The van der Waals surface area contributed by atoms with Crippen molar-refractivity contribution in [1.82, 2.24) is 0 Å². The van der Waals surface area contributed by atoms with Gasteiger partial charge in [0.15, 0.2) is 0 Å². The van der Waals surface area contributed by atoms with Gasteiger partial charge in [0.05, 0.1) is 18.8 Å². The minimum Gasteiger partial charge on any atom is -0.468 e. The van der Waals surface area contributed by atoms with Gasteiger partial charge in [-0.15, -0.1) is 6.58 Å². The molecule has 0 spiro atoms. The molecule has 0 bridgehead atoms. The zero-order valence-corrected chi connectivity index (χ0v) is 11.3. The molecule has 3 rings (SSSR count). The van der Waals surface area contributed by atoms with Crippen molar-refractivity contribution >= 4 is 5.97 Å². The van der Waals surface area contributed by atoms with Gasteiger partial charge in [-0.2, -0.15) is 5.26 Å². The van der Waals surface area contributed by atoms with Gasteiger partial charge in [0, 0.05) is 11.8 Å². The van der Waals surface area contributed by atoms with Crippen LogP contribution in [-0.2, 0) is 9.53 Å². The second-order valence-corrected chi connectivity index (χ2v) is 5.32. The van der Waals surface area contributed by atoms with E-state index < -0.39 is 5.41 Å². The fourth-order valence-corrected chi connectivity index (χ4v) is 3.73. The lowest BCUT2D eigenvalue weighted by Gasteiger charge is -2.37. The number of carbonyl (C=O) groups excluding carboxylic acids is 1. The average Bonchev–Trinajstić information content (AvgIpc) is 2.83. The average molecular weight is 265 g/mol.